The van der Waals surface area contributed by atoms with E-state index in [-0.39, 0.29) is 18.5 Å². The lowest BCUT2D eigenvalue weighted by atomic mass is 10.2. The first-order valence-electron chi connectivity index (χ1n) is 6.49. The van der Waals surface area contributed by atoms with Gasteiger partial charge in [-0.3, -0.25) is 14.3 Å². The Hall–Kier alpha value is -1.85. The molecule has 1 aliphatic rings. The van der Waals surface area contributed by atoms with Crippen LogP contribution in [-0.2, 0) is 16.6 Å². The summed E-state index contributed by atoms with van der Waals surface area (Å²) in [6, 6.07) is 1.79. The van der Waals surface area contributed by atoms with Crippen molar-refractivity contribution in [2.45, 2.75) is 31.7 Å². The van der Waals surface area contributed by atoms with Crippen LogP contribution in [0.2, 0.25) is 0 Å². The third-order valence-electron chi connectivity index (χ3n) is 3.49. The molecule has 1 fully saturated rings. The summed E-state index contributed by atoms with van der Waals surface area (Å²) in [6.07, 6.45) is 5.79. The first-order chi connectivity index (χ1) is 9.11. The Labute approximate surface area is 112 Å². The Morgan fingerprint density at radius 3 is 2.68 bits per heavy atom. The zero-order chi connectivity index (χ0) is 13.8. The molecule has 1 aliphatic carbocycles. The molecule has 6 nitrogen and oxygen atoms in total. The highest BCUT2D eigenvalue weighted by Crippen LogP contribution is 2.24. The Kier molecular flexibility index (Phi) is 4.19. The van der Waals surface area contributed by atoms with Gasteiger partial charge in [0.1, 0.15) is 12.2 Å². The molecule has 0 unspecified atom stereocenters. The largest absolute Gasteiger partial charge is 0.468 e. The number of rotatable bonds is 4. The van der Waals surface area contributed by atoms with E-state index in [0.717, 1.165) is 25.7 Å². The van der Waals surface area contributed by atoms with Crippen LogP contribution >= 0.6 is 0 Å². The van der Waals surface area contributed by atoms with E-state index >= 15 is 0 Å². The Bertz CT molecular complexity index is 463. The second kappa shape index (κ2) is 5.86. The van der Waals surface area contributed by atoms with Crippen molar-refractivity contribution < 1.29 is 14.3 Å². The van der Waals surface area contributed by atoms with Crippen molar-refractivity contribution in [1.29, 1.82) is 0 Å². The van der Waals surface area contributed by atoms with E-state index in [4.69, 9.17) is 0 Å². The first-order valence-corrected chi connectivity index (χ1v) is 6.49. The average molecular weight is 265 g/mol. The van der Waals surface area contributed by atoms with Crippen molar-refractivity contribution in [1.82, 2.24) is 14.7 Å². The van der Waals surface area contributed by atoms with Crippen LogP contribution in [0.5, 0.6) is 0 Å². The Morgan fingerprint density at radius 2 is 2.16 bits per heavy atom. The van der Waals surface area contributed by atoms with Crippen molar-refractivity contribution in [3.63, 3.8) is 0 Å². The van der Waals surface area contributed by atoms with Crippen molar-refractivity contribution in [2.75, 3.05) is 13.7 Å². The summed E-state index contributed by atoms with van der Waals surface area (Å²) in [5.41, 5.74) is 0.373. The number of carbonyl (C=O) groups excluding carboxylic acids is 2. The fourth-order valence-corrected chi connectivity index (χ4v) is 2.46. The van der Waals surface area contributed by atoms with Gasteiger partial charge in [0.25, 0.3) is 5.91 Å². The third kappa shape index (κ3) is 3.13. The van der Waals surface area contributed by atoms with E-state index in [2.05, 4.69) is 9.84 Å². The van der Waals surface area contributed by atoms with Crippen LogP contribution in [-0.4, -0.2) is 46.3 Å². The van der Waals surface area contributed by atoms with Gasteiger partial charge in [0, 0.05) is 19.3 Å². The van der Waals surface area contributed by atoms with Crippen LogP contribution in [0, 0.1) is 0 Å². The molecule has 1 heterocycles. The molecule has 0 atom stereocenters. The maximum Gasteiger partial charge on any atom is 0.325 e. The van der Waals surface area contributed by atoms with Crippen LogP contribution in [0.3, 0.4) is 0 Å². The molecule has 0 aliphatic heterocycles. The Balaban J connectivity index is 2.15. The number of carbonyl (C=O) groups is 2. The molecule has 6 heteroatoms. The molecule has 0 radical (unpaired) electrons. The van der Waals surface area contributed by atoms with E-state index in [9.17, 15) is 9.59 Å². The predicted molar refractivity (Wildman–Crippen MR) is 68.5 cm³/mol. The molecule has 104 valence electrons. The standard InChI is InChI=1S/C13H19N3O3/c1-15-8-7-11(14-15)13(18)16(9-12(17)19-2)10-5-3-4-6-10/h7-8,10H,3-6,9H2,1-2H3. The van der Waals surface area contributed by atoms with E-state index in [1.807, 2.05) is 0 Å². The number of nitrogens with zero attached hydrogens (tertiary/aromatic N) is 3. The van der Waals surface area contributed by atoms with Crippen LogP contribution < -0.4 is 0 Å². The summed E-state index contributed by atoms with van der Waals surface area (Å²) in [5.74, 6) is -0.589. The summed E-state index contributed by atoms with van der Waals surface area (Å²) in [7, 11) is 3.09. The van der Waals surface area contributed by atoms with Crippen LogP contribution in [0.25, 0.3) is 0 Å². The van der Waals surface area contributed by atoms with E-state index in [0.29, 0.717) is 5.69 Å². The second-order valence-corrected chi connectivity index (χ2v) is 4.82. The third-order valence-corrected chi connectivity index (χ3v) is 3.49. The highest BCUT2D eigenvalue weighted by atomic mass is 16.5. The zero-order valence-corrected chi connectivity index (χ0v) is 11.3. The van der Waals surface area contributed by atoms with Gasteiger partial charge in [-0.1, -0.05) is 12.8 Å². The minimum atomic E-state index is -0.392. The lowest BCUT2D eigenvalue weighted by molar-refractivity contribution is -0.141. The molecule has 2 rings (SSSR count). The molecular formula is C13H19N3O3. The molecule has 0 bridgehead atoms. The number of methoxy groups -OCH3 is 1. The monoisotopic (exact) mass is 265 g/mol. The molecule has 19 heavy (non-hydrogen) atoms. The number of amides is 1. The summed E-state index contributed by atoms with van der Waals surface area (Å²) in [5, 5.41) is 4.11. The van der Waals surface area contributed by atoms with E-state index < -0.39 is 5.97 Å². The summed E-state index contributed by atoms with van der Waals surface area (Å²) in [4.78, 5) is 25.5. The summed E-state index contributed by atoms with van der Waals surface area (Å²) < 4.78 is 6.25. The minimum absolute atomic E-state index is 0.00340. The first kappa shape index (κ1) is 13.6. The van der Waals surface area contributed by atoms with Gasteiger partial charge >= 0.3 is 5.97 Å². The molecule has 0 aromatic carbocycles. The van der Waals surface area contributed by atoms with Gasteiger partial charge < -0.3 is 9.64 Å². The van der Waals surface area contributed by atoms with Gasteiger partial charge in [0.15, 0.2) is 0 Å². The SMILES string of the molecule is COC(=O)CN(C(=O)c1ccn(C)n1)C1CCCC1. The number of aryl methyl sites for hydroxylation is 1. The van der Waals surface area contributed by atoms with E-state index in [1.165, 1.54) is 7.11 Å². The Morgan fingerprint density at radius 1 is 1.47 bits per heavy atom. The highest BCUT2D eigenvalue weighted by molar-refractivity contribution is 5.94. The number of ether oxygens (including phenoxy) is 1. The minimum Gasteiger partial charge on any atom is -0.468 e. The fourth-order valence-electron chi connectivity index (χ4n) is 2.46. The van der Waals surface area contributed by atoms with Crippen molar-refractivity contribution in [3.8, 4) is 0 Å². The van der Waals surface area contributed by atoms with Gasteiger partial charge in [0.05, 0.1) is 7.11 Å². The highest BCUT2D eigenvalue weighted by Gasteiger charge is 2.30. The van der Waals surface area contributed by atoms with E-state index in [1.54, 1.807) is 28.9 Å². The zero-order valence-electron chi connectivity index (χ0n) is 11.3. The molecular weight excluding hydrogens is 246 g/mol. The molecule has 0 saturated heterocycles. The van der Waals surface area contributed by atoms with Gasteiger partial charge in [-0.15, -0.1) is 0 Å². The lowest BCUT2D eigenvalue weighted by Gasteiger charge is -2.27. The maximum atomic E-state index is 12.4. The normalized spacial score (nSPS) is 15.5. The number of esters is 1. The molecule has 1 aromatic rings. The fraction of sp³-hybridized carbons (Fsp3) is 0.615. The van der Waals surface area contributed by atoms with Crippen LogP contribution in [0.15, 0.2) is 12.3 Å². The van der Waals surface area contributed by atoms with Gasteiger partial charge in [-0.2, -0.15) is 5.10 Å². The predicted octanol–water partition coefficient (Wildman–Crippen LogP) is 0.978. The van der Waals surface area contributed by atoms with Crippen LogP contribution in [0.1, 0.15) is 36.2 Å². The van der Waals surface area contributed by atoms with Gasteiger partial charge in [-0.25, -0.2) is 0 Å². The van der Waals surface area contributed by atoms with Crippen molar-refractivity contribution in [2.24, 2.45) is 7.05 Å². The number of hydrogen-bond acceptors (Lipinski definition) is 4. The lowest BCUT2D eigenvalue weighted by Crippen LogP contribution is -2.42. The van der Waals surface area contributed by atoms with Crippen molar-refractivity contribution >= 4 is 11.9 Å². The topological polar surface area (TPSA) is 64.4 Å². The number of hydrogen-bond donors (Lipinski definition) is 0. The van der Waals surface area contributed by atoms with Gasteiger partial charge in [-0.05, 0) is 18.9 Å². The smallest absolute Gasteiger partial charge is 0.325 e. The molecule has 1 saturated carbocycles. The average Bonchev–Trinajstić information content (AvgIpc) is 3.05. The molecule has 0 N–H and O–H groups in total. The second-order valence-electron chi connectivity index (χ2n) is 4.82. The number of aromatic nitrogens is 2. The maximum absolute atomic E-state index is 12.4. The van der Waals surface area contributed by atoms with Crippen LogP contribution in [0.4, 0.5) is 0 Å². The molecule has 1 aromatic heterocycles. The quantitative estimate of drug-likeness (QED) is 0.761. The summed E-state index contributed by atoms with van der Waals surface area (Å²) >= 11 is 0. The molecule has 0 spiro atoms. The summed E-state index contributed by atoms with van der Waals surface area (Å²) in [6.45, 7) is -0.00340. The van der Waals surface area contributed by atoms with Gasteiger partial charge in [0.2, 0.25) is 0 Å². The van der Waals surface area contributed by atoms with Crippen molar-refractivity contribution in [3.05, 3.63) is 18.0 Å². The molecule has 1 amide bonds.